The Kier molecular flexibility index (Phi) is 3.81. The molecule has 0 aromatic carbocycles. The molecule has 1 unspecified atom stereocenters. The van der Waals surface area contributed by atoms with E-state index in [9.17, 15) is 0 Å². The zero-order chi connectivity index (χ0) is 12.1. The summed E-state index contributed by atoms with van der Waals surface area (Å²) in [5, 5.41) is 17.2. The number of H-pyrrole nitrogens is 1. The van der Waals surface area contributed by atoms with Crippen molar-refractivity contribution in [2.45, 2.75) is 39.4 Å². The van der Waals surface area contributed by atoms with Crippen LogP contribution in [-0.2, 0) is 13.1 Å². The smallest absolute Gasteiger partial charge is 0.191 e. The maximum atomic E-state index is 4.32. The molecule has 2 rings (SSSR count). The molecule has 0 aliphatic rings. The van der Waals surface area contributed by atoms with E-state index < -0.39 is 0 Å². The van der Waals surface area contributed by atoms with Gasteiger partial charge in [0.05, 0.1) is 12.6 Å². The number of nitrogens with zero attached hydrogens (tertiary/aromatic N) is 5. The van der Waals surface area contributed by atoms with Crippen molar-refractivity contribution in [1.29, 1.82) is 0 Å². The monoisotopic (exact) mass is 235 g/mol. The maximum absolute atomic E-state index is 4.32. The van der Waals surface area contributed by atoms with Crippen LogP contribution in [0.3, 0.4) is 0 Å². The van der Waals surface area contributed by atoms with E-state index in [1.165, 1.54) is 0 Å². The van der Waals surface area contributed by atoms with E-state index in [4.69, 9.17) is 0 Å². The molecular weight excluding hydrogens is 218 g/mol. The molecule has 17 heavy (non-hydrogen) atoms. The van der Waals surface area contributed by atoms with Gasteiger partial charge in [-0.3, -0.25) is 0 Å². The van der Waals surface area contributed by atoms with Crippen LogP contribution in [0.4, 0.5) is 0 Å². The molecule has 0 aliphatic carbocycles. The molecule has 0 spiro atoms. The van der Waals surface area contributed by atoms with Gasteiger partial charge in [-0.25, -0.2) is 4.98 Å². The van der Waals surface area contributed by atoms with Crippen molar-refractivity contribution in [1.82, 2.24) is 35.5 Å². The van der Waals surface area contributed by atoms with Gasteiger partial charge in [-0.2, -0.15) is 5.21 Å². The molecule has 2 heterocycles. The third-order valence-electron chi connectivity index (χ3n) is 2.58. The van der Waals surface area contributed by atoms with E-state index in [-0.39, 0.29) is 6.04 Å². The molecule has 2 aromatic heterocycles. The first-order chi connectivity index (χ1) is 8.31. The predicted molar refractivity (Wildman–Crippen MR) is 62.0 cm³/mol. The van der Waals surface area contributed by atoms with Crippen LogP contribution < -0.4 is 5.32 Å². The summed E-state index contributed by atoms with van der Waals surface area (Å²) in [5.74, 6) is 1.70. The average molecular weight is 235 g/mol. The highest BCUT2D eigenvalue weighted by molar-refractivity contribution is 4.94. The molecule has 0 bridgehead atoms. The molecule has 0 aliphatic heterocycles. The van der Waals surface area contributed by atoms with Crippen molar-refractivity contribution in [2.75, 3.05) is 0 Å². The first-order valence-electron chi connectivity index (χ1n) is 5.78. The molecule has 0 radical (unpaired) electrons. The number of aromatic nitrogens is 6. The van der Waals surface area contributed by atoms with Crippen molar-refractivity contribution in [3.05, 3.63) is 24.0 Å². The largest absolute Gasteiger partial charge is 0.334 e. The molecule has 0 saturated heterocycles. The van der Waals surface area contributed by atoms with Crippen LogP contribution in [0.15, 0.2) is 12.4 Å². The lowest BCUT2D eigenvalue weighted by Gasteiger charge is -2.10. The first kappa shape index (κ1) is 11.7. The van der Waals surface area contributed by atoms with Gasteiger partial charge in [-0.15, -0.1) is 10.2 Å². The molecule has 0 amide bonds. The van der Waals surface area contributed by atoms with Gasteiger partial charge in [0.25, 0.3) is 0 Å². The third kappa shape index (κ3) is 2.88. The Labute approximate surface area is 99.6 Å². The van der Waals surface area contributed by atoms with Crippen LogP contribution in [0.1, 0.15) is 38.0 Å². The van der Waals surface area contributed by atoms with Gasteiger partial charge in [0.15, 0.2) is 5.82 Å². The fourth-order valence-electron chi connectivity index (χ4n) is 1.64. The van der Waals surface area contributed by atoms with Crippen LogP contribution >= 0.6 is 0 Å². The highest BCUT2D eigenvalue weighted by Crippen LogP contribution is 2.06. The third-order valence-corrected chi connectivity index (χ3v) is 2.58. The summed E-state index contributed by atoms with van der Waals surface area (Å²) >= 11 is 0. The molecule has 0 fully saturated rings. The number of nitrogens with one attached hydrogen (secondary N) is 2. The van der Waals surface area contributed by atoms with E-state index in [1.54, 1.807) is 0 Å². The normalized spacial score (nSPS) is 12.8. The highest BCUT2D eigenvalue weighted by atomic mass is 15.5. The molecule has 2 N–H and O–H groups in total. The number of aromatic amines is 1. The Morgan fingerprint density at radius 2 is 2.41 bits per heavy atom. The molecule has 92 valence electrons. The van der Waals surface area contributed by atoms with Gasteiger partial charge in [-0.1, -0.05) is 12.1 Å². The second-order valence-electron chi connectivity index (χ2n) is 3.91. The summed E-state index contributed by atoms with van der Waals surface area (Å²) in [4.78, 5) is 4.32. The first-order valence-corrected chi connectivity index (χ1v) is 5.78. The van der Waals surface area contributed by atoms with Crippen LogP contribution in [0.25, 0.3) is 0 Å². The SMILES string of the molecule is CCCn1ccnc1CNC(C)c1nn[nH]n1. The van der Waals surface area contributed by atoms with E-state index in [0.717, 1.165) is 18.8 Å². The fraction of sp³-hybridized carbons (Fsp3) is 0.600. The number of tetrazole rings is 1. The van der Waals surface area contributed by atoms with Crippen LogP contribution in [0, 0.1) is 0 Å². The summed E-state index contributed by atoms with van der Waals surface area (Å²) < 4.78 is 2.15. The number of hydrogen-bond donors (Lipinski definition) is 2. The molecular formula is C10H17N7. The summed E-state index contributed by atoms with van der Waals surface area (Å²) in [6.07, 6.45) is 4.93. The van der Waals surface area contributed by atoms with Gasteiger partial charge >= 0.3 is 0 Å². The lowest BCUT2D eigenvalue weighted by Crippen LogP contribution is -2.21. The van der Waals surface area contributed by atoms with Crippen LogP contribution in [0.5, 0.6) is 0 Å². The van der Waals surface area contributed by atoms with Gasteiger partial charge in [0, 0.05) is 18.9 Å². The topological polar surface area (TPSA) is 84.3 Å². The van der Waals surface area contributed by atoms with E-state index >= 15 is 0 Å². The van der Waals surface area contributed by atoms with Gasteiger partial charge in [0.2, 0.25) is 0 Å². The van der Waals surface area contributed by atoms with Gasteiger partial charge < -0.3 is 9.88 Å². The van der Waals surface area contributed by atoms with Crippen molar-refractivity contribution in [2.24, 2.45) is 0 Å². The van der Waals surface area contributed by atoms with Gasteiger partial charge in [0.1, 0.15) is 5.82 Å². The number of imidazole rings is 1. The number of hydrogen-bond acceptors (Lipinski definition) is 5. The van der Waals surface area contributed by atoms with Crippen molar-refractivity contribution in [3.63, 3.8) is 0 Å². The lowest BCUT2D eigenvalue weighted by atomic mass is 10.3. The van der Waals surface area contributed by atoms with E-state index in [2.05, 4.69) is 42.4 Å². The lowest BCUT2D eigenvalue weighted by molar-refractivity contribution is 0.514. The predicted octanol–water partition coefficient (Wildman–Crippen LogP) is 0.657. The minimum absolute atomic E-state index is 0.0560. The average Bonchev–Trinajstić information content (AvgIpc) is 2.97. The number of aryl methyl sites for hydroxylation is 1. The van der Waals surface area contributed by atoms with Crippen LogP contribution in [-0.4, -0.2) is 30.2 Å². The van der Waals surface area contributed by atoms with Crippen molar-refractivity contribution >= 4 is 0 Å². The number of rotatable bonds is 6. The molecule has 2 aromatic rings. The summed E-state index contributed by atoms with van der Waals surface area (Å²) in [6.45, 7) is 5.84. The second-order valence-corrected chi connectivity index (χ2v) is 3.91. The molecule has 1 atom stereocenters. The van der Waals surface area contributed by atoms with Crippen molar-refractivity contribution in [3.8, 4) is 0 Å². The summed E-state index contributed by atoms with van der Waals surface area (Å²) in [5.41, 5.74) is 0. The Morgan fingerprint density at radius 1 is 1.53 bits per heavy atom. The van der Waals surface area contributed by atoms with E-state index in [0.29, 0.717) is 12.4 Å². The molecule has 7 nitrogen and oxygen atoms in total. The Morgan fingerprint density at radius 3 is 3.12 bits per heavy atom. The molecule has 0 saturated carbocycles. The summed E-state index contributed by atoms with van der Waals surface area (Å²) in [6, 6.07) is 0.0560. The fourth-order valence-corrected chi connectivity index (χ4v) is 1.64. The molecule has 7 heteroatoms. The zero-order valence-corrected chi connectivity index (χ0v) is 10.1. The Hall–Kier alpha value is -1.76. The van der Waals surface area contributed by atoms with Crippen molar-refractivity contribution < 1.29 is 0 Å². The second kappa shape index (κ2) is 5.53. The highest BCUT2D eigenvalue weighted by Gasteiger charge is 2.10. The minimum Gasteiger partial charge on any atom is -0.334 e. The summed E-state index contributed by atoms with van der Waals surface area (Å²) in [7, 11) is 0. The zero-order valence-electron chi connectivity index (χ0n) is 10.1. The van der Waals surface area contributed by atoms with E-state index in [1.807, 2.05) is 19.3 Å². The van der Waals surface area contributed by atoms with Crippen LogP contribution in [0.2, 0.25) is 0 Å². The standard InChI is InChI=1S/C10H17N7/c1-3-5-17-6-4-11-9(17)7-12-8(2)10-13-15-16-14-10/h4,6,8,12H,3,5,7H2,1-2H3,(H,13,14,15,16). The maximum Gasteiger partial charge on any atom is 0.191 e. The minimum atomic E-state index is 0.0560. The Balaban J connectivity index is 1.91. The quantitative estimate of drug-likeness (QED) is 0.768. The Bertz CT molecular complexity index is 433. The van der Waals surface area contributed by atoms with Gasteiger partial charge in [-0.05, 0) is 13.3 Å².